The second kappa shape index (κ2) is 18.2. The van der Waals surface area contributed by atoms with E-state index in [0.717, 1.165) is 45.6 Å². The summed E-state index contributed by atoms with van der Waals surface area (Å²) in [5.74, 6) is 2.69. The van der Waals surface area contributed by atoms with Crippen molar-refractivity contribution in [2.24, 2.45) is 62.5 Å². The van der Waals surface area contributed by atoms with Crippen LogP contribution in [0.1, 0.15) is 150 Å². The van der Waals surface area contributed by atoms with Crippen molar-refractivity contribution in [2.75, 3.05) is 52.5 Å². The lowest BCUT2D eigenvalue weighted by Crippen LogP contribution is -2.63. The van der Waals surface area contributed by atoms with Crippen LogP contribution in [0.15, 0.2) is 0 Å². The van der Waals surface area contributed by atoms with Crippen LogP contribution in [0, 0.1) is 45.3 Å². The molecule has 0 saturated heterocycles. The van der Waals surface area contributed by atoms with Gasteiger partial charge in [-0.2, -0.15) is 0 Å². The smallest absolute Gasteiger partial charge is 0.0642 e. The van der Waals surface area contributed by atoms with Crippen LogP contribution in [0.3, 0.4) is 0 Å². The molecule has 11 unspecified atom stereocenters. The summed E-state index contributed by atoms with van der Waals surface area (Å²) in [5, 5.41) is 3.78. The molecule has 0 radical (unpaired) electrons. The van der Waals surface area contributed by atoms with E-state index in [0.29, 0.717) is 72.4 Å². The van der Waals surface area contributed by atoms with Crippen LogP contribution in [0.2, 0.25) is 0 Å². The summed E-state index contributed by atoms with van der Waals surface area (Å²) in [5.41, 5.74) is 19.0. The van der Waals surface area contributed by atoms with Gasteiger partial charge in [0.25, 0.3) is 0 Å². The third kappa shape index (κ3) is 7.85. The van der Waals surface area contributed by atoms with Gasteiger partial charge in [-0.05, 0) is 157 Å². The maximum Gasteiger partial charge on any atom is 0.0642 e. The Balaban J connectivity index is 1.31. The number of hydrogen-bond acceptors (Lipinski definition) is 7. The largest absolute Gasteiger partial charge is 0.378 e. The normalized spacial score (nSPS) is 40.0. The van der Waals surface area contributed by atoms with Gasteiger partial charge in [0.2, 0.25) is 0 Å². The Morgan fingerprint density at radius 1 is 0.714 bits per heavy atom. The summed E-state index contributed by atoms with van der Waals surface area (Å²) in [7, 11) is 0. The van der Waals surface area contributed by atoms with Crippen molar-refractivity contribution in [3.63, 3.8) is 0 Å². The number of ether oxygens (including phenoxy) is 3. The predicted octanol–water partition coefficient (Wildman–Crippen LogP) is 7.58. The van der Waals surface area contributed by atoms with E-state index in [1.165, 1.54) is 109 Å². The van der Waals surface area contributed by atoms with Crippen molar-refractivity contribution in [3.05, 3.63) is 0 Å². The molecule has 0 aromatic heterocycles. The summed E-state index contributed by atoms with van der Waals surface area (Å²) in [6.07, 6.45) is 24.7. The lowest BCUT2D eigenvalue weighted by Gasteiger charge is -2.64. The maximum atomic E-state index is 7.12. The van der Waals surface area contributed by atoms with E-state index in [1.807, 2.05) is 0 Å². The zero-order valence-electron chi connectivity index (χ0n) is 32.6. The number of fused-ring (bicyclic) bond motifs is 2. The highest BCUT2D eigenvalue weighted by atomic mass is 16.5. The minimum atomic E-state index is 0.185. The SMILES string of the molecule is CCCCCCCCNCCCC(C)C1CCC23CC24C(OCCCN)CC2CC(OCCCN)CCC2(C)C4CC(OCCCN)C13C. The number of nitrogens with one attached hydrogen (secondary N) is 1. The number of unbranched alkanes of at least 4 members (excludes halogenated alkanes) is 5. The molecule has 0 heterocycles. The molecule has 7 heteroatoms. The fraction of sp³-hybridized carbons (Fsp3) is 1.00. The first-order valence-corrected chi connectivity index (χ1v) is 21.4. The molecule has 0 amide bonds. The van der Waals surface area contributed by atoms with Crippen LogP contribution >= 0.6 is 0 Å². The third-order valence-corrected chi connectivity index (χ3v) is 15.6. The molecule has 2 spiro atoms. The average Bonchev–Trinajstić information content (AvgIpc) is 3.68. The van der Waals surface area contributed by atoms with E-state index in [2.05, 4.69) is 33.0 Å². The molecule has 0 aliphatic heterocycles. The quantitative estimate of drug-likeness (QED) is 0.0773. The van der Waals surface area contributed by atoms with Crippen molar-refractivity contribution >= 4 is 0 Å². The zero-order valence-corrected chi connectivity index (χ0v) is 32.6. The summed E-state index contributed by atoms with van der Waals surface area (Å²) < 4.78 is 20.6. The first-order chi connectivity index (χ1) is 23.8. The standard InChI is InChI=1S/C42H80N4O3/c1-5-6-7-8-9-10-23-46-24-11-15-32(2)35-17-19-41-31-42(41)36(30-37(40(35,41)4)48-26-13-21-44)39(3)18-16-34(47-25-12-20-43)28-33(39)29-38(42)49-27-14-22-45/h32-38,46H,5-31,43-45H2,1-4H3. The third-order valence-electron chi connectivity index (χ3n) is 15.6. The van der Waals surface area contributed by atoms with Crippen molar-refractivity contribution in [3.8, 4) is 0 Å². The van der Waals surface area contributed by atoms with E-state index in [-0.39, 0.29) is 10.8 Å². The molecule has 7 nitrogen and oxygen atoms in total. The summed E-state index contributed by atoms with van der Waals surface area (Å²) in [6, 6.07) is 0. The van der Waals surface area contributed by atoms with E-state index in [9.17, 15) is 0 Å². The van der Waals surface area contributed by atoms with Crippen LogP contribution in [-0.4, -0.2) is 70.9 Å². The minimum absolute atomic E-state index is 0.185. The van der Waals surface area contributed by atoms with Gasteiger partial charge in [-0.1, -0.05) is 59.8 Å². The Kier molecular flexibility index (Phi) is 14.8. The molecular formula is C42H80N4O3. The van der Waals surface area contributed by atoms with Crippen molar-refractivity contribution in [2.45, 2.75) is 168 Å². The monoisotopic (exact) mass is 689 g/mol. The molecule has 5 aliphatic carbocycles. The van der Waals surface area contributed by atoms with Crippen LogP contribution in [0.4, 0.5) is 0 Å². The Bertz CT molecular complexity index is 986. The number of hydrogen-bond donors (Lipinski definition) is 4. The Labute approximate surface area is 302 Å². The highest BCUT2D eigenvalue weighted by Crippen LogP contribution is 2.91. The lowest BCUT2D eigenvalue weighted by molar-refractivity contribution is -0.228. The van der Waals surface area contributed by atoms with E-state index in [4.69, 9.17) is 31.4 Å². The van der Waals surface area contributed by atoms with Gasteiger partial charge in [-0.3, -0.25) is 0 Å². The van der Waals surface area contributed by atoms with E-state index in [1.54, 1.807) is 0 Å². The first kappa shape index (κ1) is 39.9. The second-order valence-corrected chi connectivity index (χ2v) is 18.0. The lowest BCUT2D eigenvalue weighted by atomic mass is 9.43. The van der Waals surface area contributed by atoms with Crippen molar-refractivity contribution in [1.82, 2.24) is 5.32 Å². The maximum absolute atomic E-state index is 7.12. The molecule has 11 atom stereocenters. The molecule has 5 saturated carbocycles. The molecule has 286 valence electrons. The highest BCUT2D eigenvalue weighted by Gasteiger charge is 2.88. The van der Waals surface area contributed by atoms with Crippen LogP contribution in [0.25, 0.3) is 0 Å². The molecule has 5 fully saturated rings. The van der Waals surface area contributed by atoms with Gasteiger partial charge in [0.05, 0.1) is 18.3 Å². The van der Waals surface area contributed by atoms with E-state index < -0.39 is 0 Å². The first-order valence-electron chi connectivity index (χ1n) is 21.4. The van der Waals surface area contributed by atoms with Gasteiger partial charge in [0.1, 0.15) is 0 Å². The molecule has 5 aliphatic rings. The van der Waals surface area contributed by atoms with Gasteiger partial charge >= 0.3 is 0 Å². The molecular weight excluding hydrogens is 608 g/mol. The molecule has 0 bridgehead atoms. The van der Waals surface area contributed by atoms with Crippen LogP contribution in [-0.2, 0) is 14.2 Å². The predicted molar refractivity (Wildman–Crippen MR) is 203 cm³/mol. The minimum Gasteiger partial charge on any atom is -0.378 e. The Morgan fingerprint density at radius 2 is 1.37 bits per heavy atom. The Morgan fingerprint density at radius 3 is 2.08 bits per heavy atom. The molecule has 49 heavy (non-hydrogen) atoms. The fourth-order valence-corrected chi connectivity index (χ4v) is 13.0. The molecule has 7 N–H and O–H groups in total. The van der Waals surface area contributed by atoms with Gasteiger partial charge in [0, 0.05) is 30.7 Å². The van der Waals surface area contributed by atoms with Crippen LogP contribution < -0.4 is 22.5 Å². The summed E-state index contributed by atoms with van der Waals surface area (Å²) >= 11 is 0. The van der Waals surface area contributed by atoms with Gasteiger partial charge in [-0.25, -0.2) is 0 Å². The fourth-order valence-electron chi connectivity index (χ4n) is 13.0. The topological polar surface area (TPSA) is 118 Å². The summed E-state index contributed by atoms with van der Waals surface area (Å²) in [6.45, 7) is 17.1. The summed E-state index contributed by atoms with van der Waals surface area (Å²) in [4.78, 5) is 0. The number of nitrogens with two attached hydrogens (primary N) is 3. The highest BCUT2D eigenvalue weighted by molar-refractivity contribution is 5.36. The molecule has 0 aromatic carbocycles. The van der Waals surface area contributed by atoms with Crippen molar-refractivity contribution in [1.29, 1.82) is 0 Å². The molecule has 0 aromatic rings. The average molecular weight is 689 g/mol. The van der Waals surface area contributed by atoms with Crippen molar-refractivity contribution < 1.29 is 14.2 Å². The van der Waals surface area contributed by atoms with Gasteiger partial charge in [0.15, 0.2) is 0 Å². The molecule has 5 rings (SSSR count). The zero-order chi connectivity index (χ0) is 35.0. The van der Waals surface area contributed by atoms with Crippen LogP contribution in [0.5, 0.6) is 0 Å². The second-order valence-electron chi connectivity index (χ2n) is 18.0. The van der Waals surface area contributed by atoms with Gasteiger partial charge < -0.3 is 36.7 Å². The van der Waals surface area contributed by atoms with E-state index >= 15 is 0 Å². The Hall–Kier alpha value is -0.280. The number of rotatable bonds is 24. The van der Waals surface area contributed by atoms with Gasteiger partial charge in [-0.15, -0.1) is 0 Å².